The molecule has 0 aliphatic heterocycles. The minimum absolute atomic E-state index is 0.233. The average Bonchev–Trinajstić information content (AvgIpc) is 3.28. The molecule has 6 nitrogen and oxygen atoms in total. The summed E-state index contributed by atoms with van der Waals surface area (Å²) in [5, 5.41) is 11.3. The molecule has 0 unspecified atom stereocenters. The summed E-state index contributed by atoms with van der Waals surface area (Å²) in [6.45, 7) is 2.17. The maximum Gasteiger partial charge on any atom is 0.276 e. The molecule has 168 valence electrons. The first-order valence-electron chi connectivity index (χ1n) is 10.2. The quantitative estimate of drug-likeness (QED) is 0.413. The molecule has 1 aromatic carbocycles. The molecule has 2 aromatic heterocycles. The summed E-state index contributed by atoms with van der Waals surface area (Å²) in [7, 11) is 1.64. The number of carbonyl (C=O) groups is 2. The minimum Gasteiger partial charge on any atom is -0.321 e. The summed E-state index contributed by atoms with van der Waals surface area (Å²) in [5.41, 5.74) is 2.14. The first-order valence-corrected chi connectivity index (χ1v) is 12.1. The fraction of sp³-hybridized carbons (Fsp3) is 0.318. The lowest BCUT2D eigenvalue weighted by molar-refractivity contribution is 0.101. The summed E-state index contributed by atoms with van der Waals surface area (Å²) < 4.78 is 1.41. The Labute approximate surface area is 204 Å². The topological polar surface area (TPSA) is 76.0 Å². The van der Waals surface area contributed by atoms with Crippen molar-refractivity contribution in [2.75, 3.05) is 10.6 Å². The Balaban J connectivity index is 1.70. The molecule has 4 rings (SSSR count). The fourth-order valence-electron chi connectivity index (χ4n) is 3.94. The number of halogens is 3. The Hall–Kier alpha value is -2.06. The zero-order valence-corrected chi connectivity index (χ0v) is 20.6. The van der Waals surface area contributed by atoms with Crippen LogP contribution in [0.2, 0.25) is 15.1 Å². The van der Waals surface area contributed by atoms with Gasteiger partial charge in [-0.3, -0.25) is 14.3 Å². The third-order valence-electron chi connectivity index (χ3n) is 5.69. The third kappa shape index (κ3) is 4.53. The molecule has 1 aliphatic rings. The molecule has 0 spiro atoms. The van der Waals surface area contributed by atoms with Crippen molar-refractivity contribution in [1.82, 2.24) is 9.78 Å². The maximum absolute atomic E-state index is 13.4. The van der Waals surface area contributed by atoms with Gasteiger partial charge < -0.3 is 10.6 Å². The van der Waals surface area contributed by atoms with Crippen LogP contribution in [0.4, 0.5) is 10.7 Å². The molecular formula is C22H21Cl3N4O2S. The van der Waals surface area contributed by atoms with E-state index in [4.69, 9.17) is 34.8 Å². The fourth-order valence-corrected chi connectivity index (χ4v) is 6.00. The second kappa shape index (κ2) is 9.43. The van der Waals surface area contributed by atoms with Gasteiger partial charge in [0.25, 0.3) is 11.8 Å². The number of anilines is 2. The summed E-state index contributed by atoms with van der Waals surface area (Å²) in [5.74, 6) is -0.176. The van der Waals surface area contributed by atoms with Crippen molar-refractivity contribution in [2.45, 2.75) is 32.6 Å². The van der Waals surface area contributed by atoms with Crippen LogP contribution >= 0.6 is 46.1 Å². The van der Waals surface area contributed by atoms with Crippen LogP contribution in [0, 0.1) is 5.92 Å². The van der Waals surface area contributed by atoms with Gasteiger partial charge in [0.15, 0.2) is 0 Å². The van der Waals surface area contributed by atoms with E-state index in [0.717, 1.165) is 36.1 Å². The van der Waals surface area contributed by atoms with Crippen molar-refractivity contribution < 1.29 is 9.59 Å². The zero-order valence-electron chi connectivity index (χ0n) is 17.5. The summed E-state index contributed by atoms with van der Waals surface area (Å²) in [6.07, 6.45) is 5.16. The van der Waals surface area contributed by atoms with Crippen molar-refractivity contribution >= 4 is 68.6 Å². The highest BCUT2D eigenvalue weighted by Gasteiger charge is 2.30. The van der Waals surface area contributed by atoms with Crippen LogP contribution in [0.5, 0.6) is 0 Å². The predicted octanol–water partition coefficient (Wildman–Crippen LogP) is 6.46. The first kappa shape index (κ1) is 23.1. The summed E-state index contributed by atoms with van der Waals surface area (Å²) in [6, 6.07) is 4.88. The summed E-state index contributed by atoms with van der Waals surface area (Å²) in [4.78, 5) is 27.5. The second-order valence-electron chi connectivity index (χ2n) is 7.72. The Morgan fingerprint density at radius 1 is 1.19 bits per heavy atom. The molecule has 2 N–H and O–H groups in total. The van der Waals surface area contributed by atoms with Crippen molar-refractivity contribution in [3.63, 3.8) is 0 Å². The molecule has 32 heavy (non-hydrogen) atoms. The molecule has 3 aromatic rings. The highest BCUT2D eigenvalue weighted by Crippen LogP contribution is 2.41. The van der Waals surface area contributed by atoms with Gasteiger partial charge in [0.1, 0.15) is 10.7 Å². The van der Waals surface area contributed by atoms with E-state index in [9.17, 15) is 9.59 Å². The molecule has 10 heteroatoms. The number of rotatable bonds is 5. The lowest BCUT2D eigenvalue weighted by atomic mass is 9.85. The molecule has 2 amide bonds. The van der Waals surface area contributed by atoms with Gasteiger partial charge in [-0.05, 0) is 48.9 Å². The number of aryl methyl sites for hydroxylation is 1. The molecule has 0 radical (unpaired) electrons. The Bertz CT molecular complexity index is 1180. The van der Waals surface area contributed by atoms with Crippen LogP contribution in [0.15, 0.2) is 24.4 Å². The van der Waals surface area contributed by atoms with Gasteiger partial charge in [-0.15, -0.1) is 11.3 Å². The van der Waals surface area contributed by atoms with Crippen molar-refractivity contribution in [2.24, 2.45) is 13.0 Å². The lowest BCUT2D eigenvalue weighted by Gasteiger charge is -2.21. The van der Waals surface area contributed by atoms with Crippen molar-refractivity contribution in [1.29, 1.82) is 0 Å². The molecule has 0 bridgehead atoms. The zero-order chi connectivity index (χ0) is 23.0. The number of benzene rings is 1. The van der Waals surface area contributed by atoms with E-state index >= 15 is 0 Å². The average molecular weight is 512 g/mol. The number of fused-ring (bicyclic) bond motifs is 1. The second-order valence-corrected chi connectivity index (χ2v) is 10.1. The minimum atomic E-state index is -0.417. The Morgan fingerprint density at radius 3 is 2.62 bits per heavy atom. The standard InChI is InChI=1S/C22H21Cl3N4O2S/c1-3-11-4-6-13-17(8-11)32-22(28-21(31)19-15(25)10-26-29(19)2)18(13)20(30)27-16-7-5-12(23)9-14(16)24/h5,7,9-11H,3-4,6,8H2,1-2H3,(H,27,30)(H,28,31)/t11-/m1/s1. The van der Waals surface area contributed by atoms with Gasteiger partial charge in [0.2, 0.25) is 0 Å². The van der Waals surface area contributed by atoms with Gasteiger partial charge >= 0.3 is 0 Å². The van der Waals surface area contributed by atoms with E-state index in [1.807, 2.05) is 0 Å². The highest BCUT2D eigenvalue weighted by molar-refractivity contribution is 7.17. The number of nitrogens with zero attached hydrogens (tertiary/aromatic N) is 2. The number of hydrogen-bond acceptors (Lipinski definition) is 4. The van der Waals surface area contributed by atoms with Gasteiger partial charge in [-0.25, -0.2) is 0 Å². The molecule has 0 saturated carbocycles. The predicted molar refractivity (Wildman–Crippen MR) is 131 cm³/mol. The maximum atomic E-state index is 13.4. The van der Waals surface area contributed by atoms with E-state index in [1.165, 1.54) is 22.2 Å². The SMILES string of the molecule is CC[C@@H]1CCc2c(sc(NC(=O)c3c(Cl)cnn3C)c2C(=O)Nc2ccc(Cl)cc2Cl)C1. The van der Waals surface area contributed by atoms with Crippen LogP contribution in [0.25, 0.3) is 0 Å². The van der Waals surface area contributed by atoms with Crippen LogP contribution < -0.4 is 10.6 Å². The lowest BCUT2D eigenvalue weighted by Crippen LogP contribution is -2.21. The third-order valence-corrected chi connectivity index (χ3v) is 7.68. The number of hydrogen-bond donors (Lipinski definition) is 2. The summed E-state index contributed by atoms with van der Waals surface area (Å²) >= 11 is 19.8. The number of carbonyl (C=O) groups excluding carboxylic acids is 2. The largest absolute Gasteiger partial charge is 0.321 e. The van der Waals surface area contributed by atoms with E-state index in [1.54, 1.807) is 25.2 Å². The Morgan fingerprint density at radius 2 is 1.97 bits per heavy atom. The van der Waals surface area contributed by atoms with Crippen molar-refractivity contribution in [3.05, 3.63) is 61.2 Å². The molecule has 2 heterocycles. The monoisotopic (exact) mass is 510 g/mol. The first-order chi connectivity index (χ1) is 15.3. The van der Waals surface area contributed by atoms with Crippen LogP contribution in [-0.2, 0) is 19.9 Å². The molecule has 0 saturated heterocycles. The van der Waals surface area contributed by atoms with Crippen LogP contribution in [0.1, 0.15) is 51.1 Å². The molecule has 1 atom stereocenters. The Kier molecular flexibility index (Phi) is 6.81. The normalized spacial score (nSPS) is 15.3. The molecular weight excluding hydrogens is 491 g/mol. The van der Waals surface area contributed by atoms with Crippen LogP contribution in [0.3, 0.4) is 0 Å². The van der Waals surface area contributed by atoms with Gasteiger partial charge in [-0.1, -0.05) is 48.1 Å². The number of thiophene rings is 1. The van der Waals surface area contributed by atoms with Crippen LogP contribution in [-0.4, -0.2) is 21.6 Å². The number of aromatic nitrogens is 2. The van der Waals surface area contributed by atoms with Crippen molar-refractivity contribution in [3.8, 4) is 0 Å². The smallest absolute Gasteiger partial charge is 0.276 e. The van der Waals surface area contributed by atoms with E-state index in [2.05, 4.69) is 22.7 Å². The van der Waals surface area contributed by atoms with Gasteiger partial charge in [0, 0.05) is 16.9 Å². The number of amides is 2. The molecule has 0 fully saturated rings. The van der Waals surface area contributed by atoms with E-state index < -0.39 is 5.91 Å². The van der Waals surface area contributed by atoms with E-state index in [-0.39, 0.29) is 16.6 Å². The van der Waals surface area contributed by atoms with Gasteiger partial charge in [0.05, 0.1) is 27.5 Å². The number of nitrogens with one attached hydrogen (secondary N) is 2. The highest BCUT2D eigenvalue weighted by atomic mass is 35.5. The van der Waals surface area contributed by atoms with E-state index in [0.29, 0.717) is 32.2 Å². The molecule has 1 aliphatic carbocycles. The van der Waals surface area contributed by atoms with Gasteiger partial charge in [-0.2, -0.15) is 5.10 Å².